The minimum absolute atomic E-state index is 0.295. The second-order valence-corrected chi connectivity index (χ2v) is 5.03. The molecule has 3 aromatic rings. The maximum absolute atomic E-state index is 13.3. The molecule has 0 saturated heterocycles. The third kappa shape index (κ3) is 3.05. The minimum Gasteiger partial charge on any atom is -0.320 e. The highest BCUT2D eigenvalue weighted by Crippen LogP contribution is 2.32. The van der Waals surface area contributed by atoms with E-state index in [1.54, 1.807) is 30.3 Å². The van der Waals surface area contributed by atoms with Gasteiger partial charge in [-0.25, -0.2) is 4.39 Å². The van der Waals surface area contributed by atoms with Crippen LogP contribution in [-0.2, 0) is 6.18 Å². The molecule has 0 unspecified atom stereocenters. The van der Waals surface area contributed by atoms with Gasteiger partial charge in [-0.1, -0.05) is 18.2 Å². The number of anilines is 1. The molecule has 122 valence electrons. The van der Waals surface area contributed by atoms with Crippen molar-refractivity contribution in [3.8, 4) is 0 Å². The second kappa shape index (κ2) is 5.92. The van der Waals surface area contributed by atoms with Gasteiger partial charge in [-0.2, -0.15) is 13.2 Å². The number of carbonyl (C=O) groups excluding carboxylic acids is 1. The van der Waals surface area contributed by atoms with Crippen molar-refractivity contribution in [1.82, 2.24) is 4.98 Å². The number of aromatic nitrogens is 1. The van der Waals surface area contributed by atoms with Crippen LogP contribution in [-0.4, -0.2) is 10.9 Å². The molecule has 1 N–H and O–H groups in total. The fourth-order valence-electron chi connectivity index (χ4n) is 2.28. The predicted molar refractivity (Wildman–Crippen MR) is 81.1 cm³/mol. The molecule has 0 fully saturated rings. The van der Waals surface area contributed by atoms with E-state index in [4.69, 9.17) is 0 Å². The molecule has 24 heavy (non-hydrogen) atoms. The molecule has 1 heterocycles. The van der Waals surface area contributed by atoms with Gasteiger partial charge in [0.2, 0.25) is 0 Å². The van der Waals surface area contributed by atoms with Gasteiger partial charge >= 0.3 is 6.18 Å². The molecule has 0 spiro atoms. The van der Waals surface area contributed by atoms with E-state index in [0.717, 1.165) is 11.5 Å². The van der Waals surface area contributed by atoms with E-state index in [1.807, 2.05) is 0 Å². The van der Waals surface area contributed by atoms with Crippen LogP contribution in [0.5, 0.6) is 0 Å². The van der Waals surface area contributed by atoms with E-state index in [-0.39, 0.29) is 5.56 Å². The number of nitrogens with zero attached hydrogens (tertiary/aromatic N) is 1. The van der Waals surface area contributed by atoms with Gasteiger partial charge in [-0.05, 0) is 30.3 Å². The number of pyridine rings is 1. The van der Waals surface area contributed by atoms with Gasteiger partial charge in [0.25, 0.3) is 5.91 Å². The summed E-state index contributed by atoms with van der Waals surface area (Å²) in [4.78, 5) is 16.4. The van der Waals surface area contributed by atoms with Gasteiger partial charge in [-0.15, -0.1) is 0 Å². The Morgan fingerprint density at radius 1 is 1.04 bits per heavy atom. The van der Waals surface area contributed by atoms with Crippen molar-refractivity contribution in [2.75, 3.05) is 5.32 Å². The summed E-state index contributed by atoms with van der Waals surface area (Å²) in [6.45, 7) is 0. The Balaban J connectivity index is 1.95. The number of benzene rings is 2. The van der Waals surface area contributed by atoms with Gasteiger partial charge in [0.1, 0.15) is 5.82 Å². The van der Waals surface area contributed by atoms with Crippen molar-refractivity contribution in [2.45, 2.75) is 6.18 Å². The second-order valence-electron chi connectivity index (χ2n) is 5.03. The first-order valence-electron chi connectivity index (χ1n) is 6.88. The number of amides is 1. The van der Waals surface area contributed by atoms with Gasteiger partial charge in [0, 0.05) is 17.1 Å². The average Bonchev–Trinajstić information content (AvgIpc) is 2.54. The lowest BCUT2D eigenvalue weighted by atomic mass is 10.1. The lowest BCUT2D eigenvalue weighted by Crippen LogP contribution is -2.15. The van der Waals surface area contributed by atoms with Crippen LogP contribution in [0.2, 0.25) is 0 Å². The summed E-state index contributed by atoms with van der Waals surface area (Å²) < 4.78 is 51.5. The maximum atomic E-state index is 13.3. The monoisotopic (exact) mass is 334 g/mol. The zero-order valence-electron chi connectivity index (χ0n) is 12.1. The van der Waals surface area contributed by atoms with E-state index >= 15 is 0 Å². The first-order chi connectivity index (χ1) is 11.4. The zero-order chi connectivity index (χ0) is 17.3. The highest BCUT2D eigenvalue weighted by molar-refractivity contribution is 6.08. The van der Waals surface area contributed by atoms with Crippen LogP contribution in [0.3, 0.4) is 0 Å². The molecule has 1 aromatic heterocycles. The maximum Gasteiger partial charge on any atom is 0.419 e. The number of carbonyl (C=O) groups is 1. The molecule has 0 bridgehead atoms. The number of rotatable bonds is 2. The number of halogens is 4. The first kappa shape index (κ1) is 15.9. The quantitative estimate of drug-likeness (QED) is 0.694. The standard InChI is InChI=1S/C17H10F4N2O/c18-13-7-6-11(9-12(13)17(19,20)21)16(24)23-14-5-1-3-10-4-2-8-22-15(10)14/h1-9H,(H,23,24). The van der Waals surface area contributed by atoms with Crippen molar-refractivity contribution in [3.05, 3.63) is 71.7 Å². The fraction of sp³-hybridized carbons (Fsp3) is 0.0588. The number of para-hydroxylation sites is 1. The molecule has 0 saturated carbocycles. The normalized spacial score (nSPS) is 11.5. The lowest BCUT2D eigenvalue weighted by molar-refractivity contribution is -0.140. The van der Waals surface area contributed by atoms with Crippen molar-refractivity contribution in [1.29, 1.82) is 0 Å². The summed E-state index contributed by atoms with van der Waals surface area (Å²) in [7, 11) is 0. The van der Waals surface area contributed by atoms with Crippen molar-refractivity contribution >= 4 is 22.5 Å². The third-order valence-electron chi connectivity index (χ3n) is 3.41. The number of fused-ring (bicyclic) bond motifs is 1. The molecule has 7 heteroatoms. The summed E-state index contributed by atoms with van der Waals surface area (Å²) in [5, 5.41) is 3.28. The summed E-state index contributed by atoms with van der Waals surface area (Å²) in [5.41, 5.74) is -0.912. The Kier molecular flexibility index (Phi) is 3.92. The Morgan fingerprint density at radius 2 is 1.79 bits per heavy atom. The van der Waals surface area contributed by atoms with Gasteiger partial charge in [0.15, 0.2) is 0 Å². The first-order valence-corrected chi connectivity index (χ1v) is 6.88. The Bertz CT molecular complexity index is 917. The zero-order valence-corrected chi connectivity index (χ0v) is 12.1. The van der Waals surface area contributed by atoms with Crippen LogP contribution in [0.15, 0.2) is 54.7 Å². The predicted octanol–water partition coefficient (Wildman–Crippen LogP) is 4.65. The number of alkyl halides is 3. The SMILES string of the molecule is O=C(Nc1cccc2cccnc12)c1ccc(F)c(C(F)(F)F)c1. The fourth-order valence-corrected chi connectivity index (χ4v) is 2.28. The molecular formula is C17H10F4N2O. The van der Waals surface area contributed by atoms with Crippen LogP contribution in [0, 0.1) is 5.82 Å². The Morgan fingerprint density at radius 3 is 2.54 bits per heavy atom. The highest BCUT2D eigenvalue weighted by atomic mass is 19.4. The summed E-state index contributed by atoms with van der Waals surface area (Å²) in [6.07, 6.45) is -3.33. The smallest absolute Gasteiger partial charge is 0.320 e. The van der Waals surface area contributed by atoms with Crippen molar-refractivity contribution in [2.24, 2.45) is 0 Å². The molecule has 0 radical (unpaired) electrons. The summed E-state index contributed by atoms with van der Waals surface area (Å²) >= 11 is 0. The minimum atomic E-state index is -4.87. The van der Waals surface area contributed by atoms with Crippen molar-refractivity contribution < 1.29 is 22.4 Å². The molecule has 2 aromatic carbocycles. The summed E-state index contributed by atoms with van der Waals surface area (Å²) in [5.74, 6) is -2.20. The number of hydrogen-bond acceptors (Lipinski definition) is 2. The molecule has 0 aliphatic heterocycles. The molecule has 0 aliphatic carbocycles. The number of nitrogens with one attached hydrogen (secondary N) is 1. The van der Waals surface area contributed by atoms with Gasteiger partial charge in [-0.3, -0.25) is 9.78 Å². The average molecular weight is 334 g/mol. The van der Waals surface area contributed by atoms with E-state index in [0.29, 0.717) is 23.3 Å². The van der Waals surface area contributed by atoms with Crippen LogP contribution in [0.25, 0.3) is 10.9 Å². The molecule has 0 aliphatic rings. The van der Waals surface area contributed by atoms with E-state index < -0.39 is 23.5 Å². The van der Waals surface area contributed by atoms with E-state index in [1.165, 1.54) is 6.20 Å². The topological polar surface area (TPSA) is 42.0 Å². The van der Waals surface area contributed by atoms with Crippen LogP contribution < -0.4 is 5.32 Å². The summed E-state index contributed by atoms with van der Waals surface area (Å²) in [6, 6.07) is 10.7. The van der Waals surface area contributed by atoms with Crippen molar-refractivity contribution in [3.63, 3.8) is 0 Å². The third-order valence-corrected chi connectivity index (χ3v) is 3.41. The molecule has 0 atom stereocenters. The molecular weight excluding hydrogens is 324 g/mol. The number of hydrogen-bond donors (Lipinski definition) is 1. The molecule has 1 amide bonds. The van der Waals surface area contributed by atoms with Gasteiger partial charge < -0.3 is 5.32 Å². The van der Waals surface area contributed by atoms with Crippen LogP contribution >= 0.6 is 0 Å². The van der Waals surface area contributed by atoms with Crippen LogP contribution in [0.1, 0.15) is 15.9 Å². The Labute approximate surface area is 133 Å². The van der Waals surface area contributed by atoms with E-state index in [9.17, 15) is 22.4 Å². The van der Waals surface area contributed by atoms with E-state index in [2.05, 4.69) is 10.3 Å². The molecule has 3 rings (SSSR count). The highest BCUT2D eigenvalue weighted by Gasteiger charge is 2.34. The Hall–Kier alpha value is -2.96. The van der Waals surface area contributed by atoms with Gasteiger partial charge in [0.05, 0.1) is 16.8 Å². The van der Waals surface area contributed by atoms with Crippen LogP contribution in [0.4, 0.5) is 23.2 Å². The lowest BCUT2D eigenvalue weighted by Gasteiger charge is -2.11. The largest absolute Gasteiger partial charge is 0.419 e. The molecule has 3 nitrogen and oxygen atoms in total.